The largest absolute Gasteiger partial charge is 0.396 e. The molecule has 27 heavy (non-hydrogen) atoms. The molecule has 3 N–H and O–H groups in total. The third-order valence-electron chi connectivity index (χ3n) is 4.56. The number of nitrogens with one attached hydrogen (secondary N) is 2. The fraction of sp³-hybridized carbons (Fsp3) is 0.389. The van der Waals surface area contributed by atoms with Crippen molar-refractivity contribution in [1.82, 2.24) is 10.2 Å². The van der Waals surface area contributed by atoms with Crippen LogP contribution in [0.1, 0.15) is 16.9 Å². The van der Waals surface area contributed by atoms with Crippen molar-refractivity contribution in [2.45, 2.75) is 19.4 Å². The van der Waals surface area contributed by atoms with Gasteiger partial charge in [0, 0.05) is 42.2 Å². The number of nitrogens with zero attached hydrogens (tertiary/aromatic N) is 2. The number of fused-ring (bicyclic) bond motifs is 2. The molecule has 148 valence electrons. The van der Waals surface area contributed by atoms with Gasteiger partial charge in [-0.2, -0.15) is 0 Å². The van der Waals surface area contributed by atoms with Crippen LogP contribution in [0.5, 0.6) is 0 Å². The van der Waals surface area contributed by atoms with Crippen molar-refractivity contribution >= 4 is 70.0 Å². The van der Waals surface area contributed by atoms with Gasteiger partial charge in [-0.05, 0) is 37.6 Å². The molecule has 0 bridgehead atoms. The van der Waals surface area contributed by atoms with E-state index in [1.807, 2.05) is 18.2 Å². The van der Waals surface area contributed by atoms with Gasteiger partial charge < -0.3 is 20.6 Å². The zero-order chi connectivity index (χ0) is 17.4. The standard InChI is InChI=1S/C18H21ClN4OS.2ClH/c1-11-8-14-17(23-6-5-20-13(10-23)4-7-24)21-16-9-12(19)2-3-15(16)22-18(14)25-11;;/h2-3,8-9,13,20,22,24H,4-7,10H2,1H3;2*1H. The van der Waals surface area contributed by atoms with Crippen molar-refractivity contribution < 1.29 is 5.11 Å². The molecule has 2 aromatic rings. The molecule has 9 heteroatoms. The average molecular weight is 450 g/mol. The number of aliphatic hydroxyl groups excluding tert-OH is 1. The SMILES string of the molecule is Cc1cc2c(s1)Nc1ccc(Cl)cc1N=C2N1CCNC(CCO)C1.Cl.Cl. The summed E-state index contributed by atoms with van der Waals surface area (Å²) in [5, 5.41) is 18.1. The minimum absolute atomic E-state index is 0. The van der Waals surface area contributed by atoms with Crippen molar-refractivity contribution in [2.75, 3.05) is 31.6 Å². The number of amidine groups is 1. The summed E-state index contributed by atoms with van der Waals surface area (Å²) in [5.74, 6) is 0.984. The Morgan fingerprint density at radius 1 is 1.33 bits per heavy atom. The van der Waals surface area contributed by atoms with Gasteiger partial charge in [0.15, 0.2) is 0 Å². The molecular weight excluding hydrogens is 427 g/mol. The van der Waals surface area contributed by atoms with Gasteiger partial charge in [0.25, 0.3) is 0 Å². The highest BCUT2D eigenvalue weighted by Crippen LogP contribution is 2.40. The third kappa shape index (κ3) is 4.70. The summed E-state index contributed by atoms with van der Waals surface area (Å²) >= 11 is 7.94. The predicted molar refractivity (Wildman–Crippen MR) is 120 cm³/mol. The number of rotatable bonds is 2. The summed E-state index contributed by atoms with van der Waals surface area (Å²) in [6.07, 6.45) is 0.750. The summed E-state index contributed by atoms with van der Waals surface area (Å²) in [7, 11) is 0. The lowest BCUT2D eigenvalue weighted by Crippen LogP contribution is -2.53. The van der Waals surface area contributed by atoms with Crippen molar-refractivity contribution in [3.63, 3.8) is 0 Å². The first-order valence-electron chi connectivity index (χ1n) is 8.49. The van der Waals surface area contributed by atoms with E-state index in [1.54, 1.807) is 11.3 Å². The minimum Gasteiger partial charge on any atom is -0.396 e. The van der Waals surface area contributed by atoms with Crippen molar-refractivity contribution in [3.8, 4) is 0 Å². The maximum atomic E-state index is 9.27. The Labute approximate surface area is 180 Å². The average Bonchev–Trinajstić information content (AvgIpc) is 2.88. The second kappa shape index (κ2) is 9.45. The Bertz CT molecular complexity index is 825. The van der Waals surface area contributed by atoms with Crippen LogP contribution in [0.3, 0.4) is 0 Å². The summed E-state index contributed by atoms with van der Waals surface area (Å²) in [6, 6.07) is 8.24. The molecular formula is C18H23Cl3N4OS. The molecule has 1 fully saturated rings. The summed E-state index contributed by atoms with van der Waals surface area (Å²) in [4.78, 5) is 8.56. The van der Waals surface area contributed by atoms with E-state index in [0.29, 0.717) is 5.02 Å². The number of thiophene rings is 1. The van der Waals surface area contributed by atoms with E-state index in [1.165, 1.54) is 4.88 Å². The highest BCUT2D eigenvalue weighted by atomic mass is 35.5. The number of anilines is 2. The number of piperazine rings is 1. The number of halogens is 3. The number of aliphatic hydroxyl groups is 1. The van der Waals surface area contributed by atoms with Crippen molar-refractivity contribution in [1.29, 1.82) is 0 Å². The van der Waals surface area contributed by atoms with E-state index in [4.69, 9.17) is 16.6 Å². The number of aliphatic imine (C=N–C) groups is 1. The molecule has 0 aliphatic carbocycles. The zero-order valence-electron chi connectivity index (χ0n) is 14.9. The van der Waals surface area contributed by atoms with E-state index >= 15 is 0 Å². The number of hydrogen-bond acceptors (Lipinski definition) is 6. The second-order valence-electron chi connectivity index (χ2n) is 6.43. The smallest absolute Gasteiger partial charge is 0.139 e. The number of hydrogen-bond donors (Lipinski definition) is 3. The molecule has 0 radical (unpaired) electrons. The second-order valence-corrected chi connectivity index (χ2v) is 8.12. The van der Waals surface area contributed by atoms with Crippen LogP contribution >= 0.6 is 47.8 Å². The van der Waals surface area contributed by atoms with Gasteiger partial charge in [-0.15, -0.1) is 36.2 Å². The van der Waals surface area contributed by atoms with Crippen LogP contribution in [0, 0.1) is 6.92 Å². The first-order valence-corrected chi connectivity index (χ1v) is 9.69. The fourth-order valence-electron chi connectivity index (χ4n) is 3.38. The molecule has 4 rings (SSSR count). The van der Waals surface area contributed by atoms with E-state index in [0.717, 1.165) is 53.8 Å². The van der Waals surface area contributed by atoms with E-state index in [9.17, 15) is 5.11 Å². The van der Waals surface area contributed by atoms with Gasteiger partial charge in [-0.25, -0.2) is 4.99 Å². The zero-order valence-corrected chi connectivity index (χ0v) is 18.1. The molecule has 1 unspecified atom stereocenters. The first-order chi connectivity index (χ1) is 12.1. The molecule has 0 saturated carbocycles. The molecule has 1 atom stereocenters. The van der Waals surface area contributed by atoms with Crippen LogP contribution in [-0.2, 0) is 0 Å². The Balaban J connectivity index is 0.00000131. The minimum atomic E-state index is 0. The van der Waals surface area contributed by atoms with E-state index in [-0.39, 0.29) is 37.5 Å². The monoisotopic (exact) mass is 448 g/mol. The Morgan fingerprint density at radius 3 is 2.93 bits per heavy atom. The molecule has 3 heterocycles. The molecule has 1 aromatic heterocycles. The molecule has 2 aliphatic heterocycles. The topological polar surface area (TPSA) is 59.9 Å². The molecule has 5 nitrogen and oxygen atoms in total. The third-order valence-corrected chi connectivity index (χ3v) is 5.76. The first kappa shape index (κ1) is 22.3. The summed E-state index contributed by atoms with van der Waals surface area (Å²) in [5.41, 5.74) is 2.98. The maximum Gasteiger partial charge on any atom is 0.139 e. The Hall–Kier alpha value is -1.02. The lowest BCUT2D eigenvalue weighted by atomic mass is 10.1. The highest BCUT2D eigenvalue weighted by molar-refractivity contribution is 7.16. The predicted octanol–water partition coefficient (Wildman–Crippen LogP) is 4.35. The van der Waals surface area contributed by atoms with Crippen LogP contribution in [0.4, 0.5) is 16.4 Å². The highest BCUT2D eigenvalue weighted by Gasteiger charge is 2.27. The van der Waals surface area contributed by atoms with Gasteiger partial charge >= 0.3 is 0 Å². The van der Waals surface area contributed by atoms with Crippen LogP contribution in [0.25, 0.3) is 0 Å². The molecule has 1 saturated heterocycles. The lowest BCUT2D eigenvalue weighted by molar-refractivity contribution is 0.223. The number of aryl methyl sites for hydroxylation is 1. The molecule has 2 aliphatic rings. The number of benzene rings is 1. The van der Waals surface area contributed by atoms with Gasteiger partial charge in [0.1, 0.15) is 10.8 Å². The maximum absolute atomic E-state index is 9.27. The molecule has 0 spiro atoms. The Kier molecular flexibility index (Phi) is 7.80. The van der Waals surface area contributed by atoms with Crippen molar-refractivity contribution in [3.05, 3.63) is 39.7 Å². The quantitative estimate of drug-likeness (QED) is 0.638. The van der Waals surface area contributed by atoms with Gasteiger partial charge in [0.05, 0.1) is 16.9 Å². The van der Waals surface area contributed by atoms with Gasteiger partial charge in [0.2, 0.25) is 0 Å². The van der Waals surface area contributed by atoms with Crippen LogP contribution < -0.4 is 10.6 Å². The van der Waals surface area contributed by atoms with Gasteiger partial charge in [-0.3, -0.25) is 0 Å². The lowest BCUT2D eigenvalue weighted by Gasteiger charge is -2.35. The fourth-order valence-corrected chi connectivity index (χ4v) is 4.47. The van der Waals surface area contributed by atoms with E-state index in [2.05, 4.69) is 28.5 Å². The normalized spacial score (nSPS) is 18.1. The molecule has 0 amide bonds. The van der Waals surface area contributed by atoms with Crippen LogP contribution in [0.2, 0.25) is 5.02 Å². The Morgan fingerprint density at radius 2 is 2.15 bits per heavy atom. The van der Waals surface area contributed by atoms with E-state index < -0.39 is 0 Å². The van der Waals surface area contributed by atoms with Gasteiger partial charge in [-0.1, -0.05) is 11.6 Å². The molecule has 1 aromatic carbocycles. The van der Waals surface area contributed by atoms with Crippen molar-refractivity contribution in [2.24, 2.45) is 4.99 Å². The summed E-state index contributed by atoms with van der Waals surface area (Å²) < 4.78 is 0. The van der Waals surface area contributed by atoms with Crippen LogP contribution in [-0.4, -0.2) is 48.1 Å². The van der Waals surface area contributed by atoms with Crippen LogP contribution in [0.15, 0.2) is 29.3 Å². The summed E-state index contributed by atoms with van der Waals surface area (Å²) in [6.45, 7) is 4.93.